The number of hydrogen-bond acceptors (Lipinski definition) is 5. The Labute approximate surface area is 233 Å². The molecule has 1 aromatic heterocycles. The Morgan fingerprint density at radius 2 is 1.73 bits per heavy atom. The number of carbonyl (C=O) groups is 1. The van der Waals surface area contributed by atoms with Crippen LogP contribution in [0.3, 0.4) is 0 Å². The van der Waals surface area contributed by atoms with Crippen molar-refractivity contribution in [3.63, 3.8) is 0 Å². The summed E-state index contributed by atoms with van der Waals surface area (Å²) in [5, 5.41) is 4.75. The van der Waals surface area contributed by atoms with Crippen LogP contribution in [0.25, 0.3) is 5.69 Å². The molecule has 0 radical (unpaired) electrons. The zero-order chi connectivity index (χ0) is 27.0. The second kappa shape index (κ2) is 10.6. The van der Waals surface area contributed by atoms with Gasteiger partial charge in [-0.1, -0.05) is 37.3 Å². The molecule has 0 aliphatic carbocycles. The standard InChI is InChI=1S/C27H31Br2FN4O3/c1-26(2,3)37-25(35)33-12-10-27(4,11-13-33)21-23(31)34(22-19(28)14-18(30)15-20(22)29)32-24(21)36-16-17-8-6-5-7-9-17/h5-9,14-15H,10-13,16,31H2,1-4H3. The summed E-state index contributed by atoms with van der Waals surface area (Å²) in [4.78, 5) is 14.4. The number of anilines is 1. The number of nitrogens with two attached hydrogens (primary N) is 1. The molecule has 1 aliphatic rings. The van der Waals surface area contributed by atoms with E-state index in [0.717, 1.165) is 11.1 Å². The number of amides is 1. The molecular weight excluding hydrogens is 607 g/mol. The number of likely N-dealkylation sites (tertiary alicyclic amines) is 1. The molecule has 37 heavy (non-hydrogen) atoms. The summed E-state index contributed by atoms with van der Waals surface area (Å²) in [6, 6.07) is 12.5. The summed E-state index contributed by atoms with van der Waals surface area (Å²) < 4.78 is 28.4. The zero-order valence-corrected chi connectivity index (χ0v) is 24.5. The number of ether oxygens (including phenoxy) is 2. The predicted molar refractivity (Wildman–Crippen MR) is 149 cm³/mol. The Kier molecular flexibility index (Phi) is 7.90. The molecule has 4 rings (SSSR count). The molecular formula is C27H31Br2FN4O3. The van der Waals surface area contributed by atoms with Gasteiger partial charge >= 0.3 is 6.09 Å². The van der Waals surface area contributed by atoms with Crippen LogP contribution in [-0.2, 0) is 16.8 Å². The van der Waals surface area contributed by atoms with Gasteiger partial charge in [-0.05, 0) is 83.2 Å². The highest BCUT2D eigenvalue weighted by Gasteiger charge is 2.40. The predicted octanol–water partition coefficient (Wildman–Crippen LogP) is 6.99. The number of rotatable bonds is 5. The van der Waals surface area contributed by atoms with E-state index < -0.39 is 16.8 Å². The van der Waals surface area contributed by atoms with E-state index in [2.05, 4.69) is 38.8 Å². The molecule has 0 saturated carbocycles. The van der Waals surface area contributed by atoms with E-state index in [1.54, 1.807) is 9.58 Å². The van der Waals surface area contributed by atoms with Gasteiger partial charge < -0.3 is 20.1 Å². The third-order valence-corrected chi connectivity index (χ3v) is 7.63. The molecule has 0 bridgehead atoms. The fourth-order valence-electron chi connectivity index (χ4n) is 4.47. The highest BCUT2D eigenvalue weighted by atomic mass is 79.9. The Morgan fingerprint density at radius 3 is 2.30 bits per heavy atom. The second-order valence-electron chi connectivity index (χ2n) is 10.5. The minimum atomic E-state index is -0.558. The minimum Gasteiger partial charge on any atom is -0.471 e. The van der Waals surface area contributed by atoms with E-state index in [9.17, 15) is 9.18 Å². The van der Waals surface area contributed by atoms with Gasteiger partial charge in [0.2, 0.25) is 5.88 Å². The second-order valence-corrected chi connectivity index (χ2v) is 12.2. The van der Waals surface area contributed by atoms with Crippen LogP contribution in [-0.4, -0.2) is 39.5 Å². The molecule has 0 spiro atoms. The number of nitrogens with zero attached hydrogens (tertiary/aromatic N) is 3. The fourth-order valence-corrected chi connectivity index (χ4v) is 5.94. The zero-order valence-electron chi connectivity index (χ0n) is 21.4. The normalized spacial score (nSPS) is 15.5. The van der Waals surface area contributed by atoms with Crippen molar-refractivity contribution in [1.82, 2.24) is 14.7 Å². The van der Waals surface area contributed by atoms with Crippen molar-refractivity contribution in [2.24, 2.45) is 0 Å². The quantitative estimate of drug-likeness (QED) is 0.326. The third-order valence-electron chi connectivity index (χ3n) is 6.42. The average molecular weight is 638 g/mol. The van der Waals surface area contributed by atoms with Crippen molar-refractivity contribution >= 4 is 43.8 Å². The molecule has 10 heteroatoms. The maximum atomic E-state index is 14.0. The van der Waals surface area contributed by atoms with Crippen LogP contribution in [0.2, 0.25) is 0 Å². The lowest BCUT2D eigenvalue weighted by atomic mass is 9.75. The van der Waals surface area contributed by atoms with E-state index in [-0.39, 0.29) is 6.09 Å². The van der Waals surface area contributed by atoms with Crippen LogP contribution in [0.1, 0.15) is 51.7 Å². The molecule has 2 aromatic carbocycles. The lowest BCUT2D eigenvalue weighted by molar-refractivity contribution is 0.0171. The van der Waals surface area contributed by atoms with E-state index in [0.29, 0.717) is 58.9 Å². The Morgan fingerprint density at radius 1 is 1.14 bits per heavy atom. The molecule has 1 saturated heterocycles. The van der Waals surface area contributed by atoms with Gasteiger partial charge in [-0.15, -0.1) is 5.10 Å². The van der Waals surface area contributed by atoms with Crippen LogP contribution in [0.4, 0.5) is 15.0 Å². The van der Waals surface area contributed by atoms with Crippen LogP contribution >= 0.6 is 31.9 Å². The summed E-state index contributed by atoms with van der Waals surface area (Å²) in [6.07, 6.45) is 0.975. The van der Waals surface area contributed by atoms with Crippen molar-refractivity contribution in [2.45, 2.75) is 58.2 Å². The highest BCUT2D eigenvalue weighted by Crippen LogP contribution is 2.45. The van der Waals surface area contributed by atoms with Crippen molar-refractivity contribution in [3.8, 4) is 11.6 Å². The third kappa shape index (κ3) is 6.12. The van der Waals surface area contributed by atoms with Crippen molar-refractivity contribution in [3.05, 3.63) is 68.4 Å². The van der Waals surface area contributed by atoms with Crippen molar-refractivity contribution in [1.29, 1.82) is 0 Å². The summed E-state index contributed by atoms with van der Waals surface area (Å²) >= 11 is 6.90. The summed E-state index contributed by atoms with van der Waals surface area (Å²) in [5.41, 5.74) is 8.13. The van der Waals surface area contributed by atoms with Crippen molar-refractivity contribution in [2.75, 3.05) is 18.8 Å². The molecule has 1 aliphatic heterocycles. The fraction of sp³-hybridized carbons (Fsp3) is 0.407. The van der Waals surface area contributed by atoms with Crippen LogP contribution in [0.5, 0.6) is 5.88 Å². The number of aromatic nitrogens is 2. The number of halogens is 3. The molecule has 1 fully saturated rings. The maximum Gasteiger partial charge on any atom is 0.410 e. The first-order valence-corrected chi connectivity index (χ1v) is 13.6. The molecule has 2 N–H and O–H groups in total. The highest BCUT2D eigenvalue weighted by molar-refractivity contribution is 9.11. The van der Waals surface area contributed by atoms with Gasteiger partial charge in [0.25, 0.3) is 0 Å². The lowest BCUT2D eigenvalue weighted by Crippen LogP contribution is -2.46. The van der Waals surface area contributed by atoms with E-state index in [4.69, 9.17) is 20.3 Å². The van der Waals surface area contributed by atoms with Gasteiger partial charge in [0.1, 0.15) is 23.8 Å². The summed E-state index contributed by atoms with van der Waals surface area (Å²) in [7, 11) is 0. The number of hydrogen-bond donors (Lipinski definition) is 1. The summed E-state index contributed by atoms with van der Waals surface area (Å²) in [6.45, 7) is 9.02. The molecule has 7 nitrogen and oxygen atoms in total. The molecule has 0 atom stereocenters. The molecule has 198 valence electrons. The van der Waals surface area contributed by atoms with Crippen molar-refractivity contribution < 1.29 is 18.7 Å². The minimum absolute atomic E-state index is 0.316. The van der Waals surface area contributed by atoms with Gasteiger partial charge in [0, 0.05) is 27.4 Å². The SMILES string of the molecule is CC(C)(C)OC(=O)N1CCC(C)(c2c(OCc3ccccc3)nn(-c3c(Br)cc(F)cc3Br)c2N)CC1. The smallest absolute Gasteiger partial charge is 0.410 e. The summed E-state index contributed by atoms with van der Waals surface area (Å²) in [5.74, 6) is 0.428. The first-order valence-electron chi connectivity index (χ1n) is 12.1. The molecule has 2 heterocycles. The molecule has 0 unspecified atom stereocenters. The Balaban J connectivity index is 1.69. The number of carbonyl (C=O) groups excluding carboxylic acids is 1. The van der Waals surface area contributed by atoms with E-state index >= 15 is 0 Å². The lowest BCUT2D eigenvalue weighted by Gasteiger charge is -2.39. The van der Waals surface area contributed by atoms with Gasteiger partial charge in [-0.3, -0.25) is 0 Å². The molecule has 3 aromatic rings. The Hall–Kier alpha value is -2.59. The Bertz CT molecular complexity index is 1260. The van der Waals surface area contributed by atoms with E-state index in [1.807, 2.05) is 51.1 Å². The van der Waals surface area contributed by atoms with Crippen LogP contribution in [0.15, 0.2) is 51.4 Å². The van der Waals surface area contributed by atoms with Gasteiger partial charge in [-0.2, -0.15) is 0 Å². The first kappa shape index (κ1) is 27.4. The van der Waals surface area contributed by atoms with Gasteiger partial charge in [0.15, 0.2) is 0 Å². The van der Waals surface area contributed by atoms with Gasteiger partial charge in [0.05, 0.1) is 11.3 Å². The first-order chi connectivity index (χ1) is 17.4. The number of benzene rings is 2. The van der Waals surface area contributed by atoms with Crippen LogP contribution < -0.4 is 10.5 Å². The average Bonchev–Trinajstić information content (AvgIpc) is 3.13. The van der Waals surface area contributed by atoms with Crippen LogP contribution in [0, 0.1) is 5.82 Å². The topological polar surface area (TPSA) is 82.6 Å². The van der Waals surface area contributed by atoms with Gasteiger partial charge in [-0.25, -0.2) is 13.9 Å². The monoisotopic (exact) mass is 636 g/mol. The number of piperidine rings is 1. The van der Waals surface area contributed by atoms with E-state index in [1.165, 1.54) is 12.1 Å². The molecule has 1 amide bonds. The number of nitrogen functional groups attached to an aromatic ring is 1. The maximum absolute atomic E-state index is 14.0. The largest absolute Gasteiger partial charge is 0.471 e.